The third kappa shape index (κ3) is 7.48. The highest BCUT2D eigenvalue weighted by atomic mass is 32.2. The monoisotopic (exact) mass is 402 g/mol. The number of nitrogens with zero attached hydrogens (tertiary/aromatic N) is 1. The van der Waals surface area contributed by atoms with Crippen LogP contribution in [0.5, 0.6) is 5.75 Å². The molecule has 0 aliphatic carbocycles. The van der Waals surface area contributed by atoms with E-state index in [2.05, 4.69) is 23.3 Å². The van der Waals surface area contributed by atoms with Crippen LogP contribution in [0, 0.1) is 0 Å². The molecule has 0 atom stereocenters. The van der Waals surface area contributed by atoms with Crippen LogP contribution in [0.1, 0.15) is 25.3 Å². The minimum atomic E-state index is -0.329. The summed E-state index contributed by atoms with van der Waals surface area (Å²) in [7, 11) is 1.59. The van der Waals surface area contributed by atoms with Crippen LogP contribution < -0.4 is 10.1 Å². The molecule has 0 radical (unpaired) electrons. The first kappa shape index (κ1) is 21.1. The molecule has 3 rings (SSSR count). The van der Waals surface area contributed by atoms with Gasteiger partial charge in [-0.05, 0) is 48.1 Å². The van der Waals surface area contributed by atoms with E-state index in [0.29, 0.717) is 17.5 Å². The molecule has 1 aliphatic heterocycles. The van der Waals surface area contributed by atoms with Gasteiger partial charge in [0, 0.05) is 18.0 Å². The Bertz CT molecular complexity index is 778. The Morgan fingerprint density at radius 2 is 1.96 bits per heavy atom. The Morgan fingerprint density at radius 1 is 1.19 bits per heavy atom. The van der Waals surface area contributed by atoms with Crippen molar-refractivity contribution in [3.8, 4) is 5.75 Å². The van der Waals surface area contributed by atoms with Gasteiger partial charge in [0.1, 0.15) is 5.75 Å². The molecule has 0 bridgehead atoms. The lowest BCUT2D eigenvalue weighted by Gasteiger charge is -2.00. The van der Waals surface area contributed by atoms with E-state index in [1.165, 1.54) is 18.6 Å². The molecule has 1 fully saturated rings. The summed E-state index contributed by atoms with van der Waals surface area (Å²) in [6.45, 7) is 2.21. The van der Waals surface area contributed by atoms with Crippen LogP contribution in [0.2, 0.25) is 0 Å². The highest BCUT2D eigenvalue weighted by Gasteiger charge is 2.24. The average Bonchev–Trinajstić information content (AvgIpc) is 3.01. The Kier molecular flexibility index (Phi) is 8.94. The number of nitrogens with one attached hydrogen (secondary N) is 1. The molecule has 2 heterocycles. The summed E-state index contributed by atoms with van der Waals surface area (Å²) in [6, 6.07) is 13.2. The minimum Gasteiger partial charge on any atom is -0.497 e. The van der Waals surface area contributed by atoms with E-state index in [9.17, 15) is 9.59 Å². The van der Waals surface area contributed by atoms with E-state index >= 15 is 0 Å². The molecule has 0 unspecified atom stereocenters. The Hall–Kier alpha value is -2.25. The van der Waals surface area contributed by atoms with Crippen molar-refractivity contribution < 1.29 is 14.3 Å². The second-order valence-corrected chi connectivity index (χ2v) is 7.56. The molecule has 2 aromatic rings. The summed E-state index contributed by atoms with van der Waals surface area (Å²) in [5, 5.41) is 3.05. The van der Waals surface area contributed by atoms with Crippen LogP contribution in [0.3, 0.4) is 0 Å². The maximum absolute atomic E-state index is 11.3. The lowest BCUT2D eigenvalue weighted by Crippen LogP contribution is -2.10. The maximum Gasteiger partial charge on any atom is 0.291 e. The van der Waals surface area contributed by atoms with Crippen molar-refractivity contribution in [2.45, 2.75) is 24.8 Å². The van der Waals surface area contributed by atoms with E-state index in [4.69, 9.17) is 4.74 Å². The number of carbonyl (C=O) groups is 2. The number of hydrogen-bond acceptors (Lipinski definition) is 6. The fourth-order valence-electron chi connectivity index (χ4n) is 2.04. The van der Waals surface area contributed by atoms with Crippen LogP contribution in [-0.4, -0.2) is 28.2 Å². The summed E-state index contributed by atoms with van der Waals surface area (Å²) < 4.78 is 5.02. The Balaban J connectivity index is 0.000000208. The van der Waals surface area contributed by atoms with Gasteiger partial charge in [0.05, 0.1) is 17.8 Å². The molecule has 1 amide bonds. The molecule has 142 valence electrons. The SMILES string of the molecule is CCCCSc1ccccn1.COc1ccc(C=C2NC(=O)SC2=O)cc1. The zero-order valence-electron chi connectivity index (χ0n) is 15.3. The molecule has 7 heteroatoms. The Labute approximate surface area is 168 Å². The van der Waals surface area contributed by atoms with Gasteiger partial charge in [-0.25, -0.2) is 4.98 Å². The van der Waals surface area contributed by atoms with Gasteiger partial charge < -0.3 is 10.1 Å². The second-order valence-electron chi connectivity index (χ2n) is 5.50. The molecule has 1 N–H and O–H groups in total. The third-order valence-corrected chi connectivity index (χ3v) is 5.18. The molecule has 1 saturated heterocycles. The van der Waals surface area contributed by atoms with Crippen LogP contribution in [0.25, 0.3) is 6.08 Å². The van der Waals surface area contributed by atoms with E-state index in [1.807, 2.05) is 42.2 Å². The Morgan fingerprint density at radius 3 is 2.52 bits per heavy atom. The van der Waals surface area contributed by atoms with Gasteiger partial charge >= 0.3 is 0 Å². The number of ether oxygens (including phenoxy) is 1. The van der Waals surface area contributed by atoms with Gasteiger partial charge in [0.25, 0.3) is 5.24 Å². The predicted molar refractivity (Wildman–Crippen MR) is 112 cm³/mol. The van der Waals surface area contributed by atoms with Crippen LogP contribution in [-0.2, 0) is 4.79 Å². The van der Waals surface area contributed by atoms with E-state index in [1.54, 1.807) is 25.3 Å². The van der Waals surface area contributed by atoms with Crippen LogP contribution in [0.15, 0.2) is 59.4 Å². The second kappa shape index (κ2) is 11.5. The molecule has 0 spiro atoms. The number of carbonyl (C=O) groups excluding carboxylic acids is 2. The minimum absolute atomic E-state index is 0.249. The van der Waals surface area contributed by atoms with E-state index in [-0.39, 0.29) is 10.4 Å². The van der Waals surface area contributed by atoms with Gasteiger partial charge in [0.15, 0.2) is 0 Å². The van der Waals surface area contributed by atoms with Crippen molar-refractivity contribution in [1.82, 2.24) is 10.3 Å². The largest absolute Gasteiger partial charge is 0.497 e. The number of pyridine rings is 1. The highest BCUT2D eigenvalue weighted by molar-refractivity contribution is 8.27. The number of unbranched alkanes of at least 4 members (excludes halogenated alkanes) is 1. The number of benzene rings is 1. The highest BCUT2D eigenvalue weighted by Crippen LogP contribution is 2.21. The van der Waals surface area contributed by atoms with E-state index < -0.39 is 0 Å². The first-order valence-electron chi connectivity index (χ1n) is 8.55. The number of hydrogen-bond donors (Lipinski definition) is 1. The van der Waals surface area contributed by atoms with Crippen molar-refractivity contribution in [1.29, 1.82) is 0 Å². The molecule has 1 aromatic heterocycles. The fraction of sp³-hybridized carbons (Fsp3) is 0.250. The van der Waals surface area contributed by atoms with Crippen molar-refractivity contribution >= 4 is 40.0 Å². The first-order chi connectivity index (χ1) is 13.1. The van der Waals surface area contributed by atoms with Gasteiger partial charge in [-0.1, -0.05) is 31.5 Å². The lowest BCUT2D eigenvalue weighted by molar-refractivity contribution is -0.107. The van der Waals surface area contributed by atoms with Crippen molar-refractivity contribution in [3.05, 3.63) is 59.9 Å². The quantitative estimate of drug-likeness (QED) is 0.417. The number of amides is 1. The topological polar surface area (TPSA) is 68.3 Å². The number of rotatable bonds is 6. The molecule has 5 nitrogen and oxygen atoms in total. The van der Waals surface area contributed by atoms with Crippen molar-refractivity contribution in [2.75, 3.05) is 12.9 Å². The number of thioether (sulfide) groups is 2. The zero-order valence-corrected chi connectivity index (χ0v) is 16.9. The third-order valence-electron chi connectivity index (χ3n) is 3.45. The average molecular weight is 403 g/mol. The van der Waals surface area contributed by atoms with Gasteiger partial charge in [-0.15, -0.1) is 11.8 Å². The summed E-state index contributed by atoms with van der Waals surface area (Å²) in [5.74, 6) is 1.94. The zero-order chi connectivity index (χ0) is 19.5. The molecular formula is C20H22N2O3S2. The van der Waals surface area contributed by atoms with E-state index in [0.717, 1.165) is 16.3 Å². The van der Waals surface area contributed by atoms with Crippen LogP contribution >= 0.6 is 23.5 Å². The summed E-state index contributed by atoms with van der Waals surface area (Å²) in [5.41, 5.74) is 1.16. The van der Waals surface area contributed by atoms with Crippen molar-refractivity contribution in [2.24, 2.45) is 0 Å². The van der Waals surface area contributed by atoms with Crippen LogP contribution in [0.4, 0.5) is 4.79 Å². The first-order valence-corrected chi connectivity index (χ1v) is 10.4. The molecule has 0 saturated carbocycles. The molecule has 1 aliphatic rings. The number of aromatic nitrogens is 1. The predicted octanol–water partition coefficient (Wildman–Crippen LogP) is 4.99. The molecule has 27 heavy (non-hydrogen) atoms. The smallest absolute Gasteiger partial charge is 0.291 e. The molecular weight excluding hydrogens is 380 g/mol. The van der Waals surface area contributed by atoms with Crippen molar-refractivity contribution in [3.63, 3.8) is 0 Å². The summed E-state index contributed by atoms with van der Waals surface area (Å²) in [6.07, 6.45) is 6.02. The normalized spacial score (nSPS) is 14.5. The number of methoxy groups -OCH3 is 1. The summed E-state index contributed by atoms with van der Waals surface area (Å²) >= 11 is 2.51. The standard InChI is InChI=1S/C11H9NO3S.C9H13NS/c1-15-8-4-2-7(3-5-8)6-9-10(13)16-11(14)12-9;1-2-3-8-11-9-6-4-5-7-10-9/h2-6H,1H3,(H,12,14);4-7H,2-3,8H2,1H3. The van der Waals surface area contributed by atoms with Gasteiger partial charge in [-0.3, -0.25) is 9.59 Å². The summed E-state index contributed by atoms with van der Waals surface area (Å²) in [4.78, 5) is 26.4. The maximum atomic E-state index is 11.3. The fourth-order valence-corrected chi connectivity index (χ4v) is 3.54. The molecule has 1 aromatic carbocycles. The van der Waals surface area contributed by atoms with Gasteiger partial charge in [0.2, 0.25) is 5.12 Å². The van der Waals surface area contributed by atoms with Gasteiger partial charge in [-0.2, -0.15) is 0 Å². The lowest BCUT2D eigenvalue weighted by atomic mass is 10.2.